The Labute approximate surface area is 121 Å². The third-order valence-electron chi connectivity index (χ3n) is 3.96. The van der Waals surface area contributed by atoms with Crippen LogP contribution in [0.15, 0.2) is 53.5 Å². The number of hydrogen-bond donors (Lipinski definition) is 0. The van der Waals surface area contributed by atoms with Crippen molar-refractivity contribution >= 4 is 11.4 Å². The molecule has 0 saturated heterocycles. The van der Waals surface area contributed by atoms with Crippen LogP contribution in [0.2, 0.25) is 0 Å². The van der Waals surface area contributed by atoms with Crippen LogP contribution in [-0.2, 0) is 12.8 Å². The fourth-order valence-electron chi connectivity index (χ4n) is 2.74. The fourth-order valence-corrected chi connectivity index (χ4v) is 2.74. The molecule has 3 rings (SSSR count). The molecule has 1 aliphatic rings. The second-order valence-electron chi connectivity index (χ2n) is 5.52. The van der Waals surface area contributed by atoms with Crippen LogP contribution < -0.4 is 0 Å². The van der Waals surface area contributed by atoms with Gasteiger partial charge in [-0.1, -0.05) is 62.2 Å². The SMILES string of the molecule is CCCCCc1ccc(C2=Nc3ccccc3C2)cc1. The van der Waals surface area contributed by atoms with Crippen LogP contribution in [0.3, 0.4) is 0 Å². The molecule has 0 aromatic heterocycles. The summed E-state index contributed by atoms with van der Waals surface area (Å²) in [5.74, 6) is 0. The van der Waals surface area contributed by atoms with Crippen LogP contribution in [0.25, 0.3) is 0 Å². The molecule has 0 unspecified atom stereocenters. The lowest BCUT2D eigenvalue weighted by molar-refractivity contribution is 0.717. The number of para-hydroxylation sites is 1. The molecule has 0 N–H and O–H groups in total. The minimum Gasteiger partial charge on any atom is -0.252 e. The Morgan fingerprint density at radius 3 is 2.50 bits per heavy atom. The Balaban J connectivity index is 1.70. The first kappa shape index (κ1) is 13.1. The molecular weight excluding hydrogens is 242 g/mol. The predicted molar refractivity (Wildman–Crippen MR) is 86.0 cm³/mol. The van der Waals surface area contributed by atoms with Gasteiger partial charge in [0.25, 0.3) is 0 Å². The smallest absolute Gasteiger partial charge is 0.0669 e. The van der Waals surface area contributed by atoms with Crippen molar-refractivity contribution in [3.8, 4) is 0 Å². The maximum atomic E-state index is 4.74. The summed E-state index contributed by atoms with van der Waals surface area (Å²) in [6.45, 7) is 2.25. The molecule has 0 bridgehead atoms. The van der Waals surface area contributed by atoms with E-state index in [2.05, 4.69) is 55.5 Å². The summed E-state index contributed by atoms with van der Waals surface area (Å²) in [6.07, 6.45) is 6.06. The molecule has 1 aliphatic heterocycles. The lowest BCUT2D eigenvalue weighted by Crippen LogP contribution is -2.00. The Kier molecular flexibility index (Phi) is 3.96. The first-order valence-corrected chi connectivity index (χ1v) is 7.61. The number of hydrogen-bond acceptors (Lipinski definition) is 1. The van der Waals surface area contributed by atoms with Crippen LogP contribution in [0.4, 0.5) is 5.69 Å². The standard InChI is InChI=1S/C19H21N/c1-2-3-4-7-15-10-12-16(13-11-15)19-14-17-8-5-6-9-18(17)20-19/h5-6,8-13H,2-4,7,14H2,1H3. The normalized spacial score (nSPS) is 13.2. The van der Waals surface area contributed by atoms with Crippen molar-refractivity contribution in [3.05, 3.63) is 65.2 Å². The van der Waals surface area contributed by atoms with Gasteiger partial charge in [-0.05, 0) is 35.6 Å². The maximum absolute atomic E-state index is 4.74. The van der Waals surface area contributed by atoms with Crippen LogP contribution in [0.5, 0.6) is 0 Å². The summed E-state index contributed by atoms with van der Waals surface area (Å²) in [5, 5.41) is 0. The van der Waals surface area contributed by atoms with E-state index in [1.807, 2.05) is 0 Å². The van der Waals surface area contributed by atoms with Crippen molar-refractivity contribution in [2.24, 2.45) is 4.99 Å². The summed E-state index contributed by atoms with van der Waals surface area (Å²) in [6, 6.07) is 17.4. The van der Waals surface area contributed by atoms with Gasteiger partial charge in [0.1, 0.15) is 0 Å². The Morgan fingerprint density at radius 2 is 1.75 bits per heavy atom. The molecule has 2 aromatic carbocycles. The molecule has 102 valence electrons. The van der Waals surface area contributed by atoms with Gasteiger partial charge in [0.05, 0.1) is 11.4 Å². The van der Waals surface area contributed by atoms with Gasteiger partial charge in [-0.15, -0.1) is 0 Å². The van der Waals surface area contributed by atoms with Crippen molar-refractivity contribution in [2.75, 3.05) is 0 Å². The zero-order valence-corrected chi connectivity index (χ0v) is 12.1. The van der Waals surface area contributed by atoms with Crippen molar-refractivity contribution < 1.29 is 0 Å². The Bertz CT molecular complexity index is 608. The van der Waals surface area contributed by atoms with E-state index in [4.69, 9.17) is 4.99 Å². The van der Waals surface area contributed by atoms with Gasteiger partial charge in [-0.3, -0.25) is 4.99 Å². The van der Waals surface area contributed by atoms with Gasteiger partial charge < -0.3 is 0 Å². The van der Waals surface area contributed by atoms with Gasteiger partial charge >= 0.3 is 0 Å². The molecule has 1 heteroatoms. The average molecular weight is 263 g/mol. The zero-order valence-electron chi connectivity index (χ0n) is 12.1. The highest BCUT2D eigenvalue weighted by Crippen LogP contribution is 2.28. The van der Waals surface area contributed by atoms with Gasteiger partial charge in [-0.2, -0.15) is 0 Å². The Hall–Kier alpha value is -1.89. The minimum atomic E-state index is 0.964. The summed E-state index contributed by atoms with van der Waals surface area (Å²) >= 11 is 0. The second kappa shape index (κ2) is 6.04. The van der Waals surface area contributed by atoms with E-state index < -0.39 is 0 Å². The number of fused-ring (bicyclic) bond motifs is 1. The highest BCUT2D eigenvalue weighted by atomic mass is 14.8. The molecule has 0 fully saturated rings. The predicted octanol–water partition coefficient (Wildman–Crippen LogP) is 5.10. The average Bonchev–Trinajstić information content (AvgIpc) is 2.92. The highest BCUT2D eigenvalue weighted by molar-refractivity contribution is 6.06. The van der Waals surface area contributed by atoms with E-state index in [9.17, 15) is 0 Å². The quantitative estimate of drug-likeness (QED) is 0.666. The van der Waals surface area contributed by atoms with Gasteiger partial charge in [0.15, 0.2) is 0 Å². The first-order valence-electron chi connectivity index (χ1n) is 7.61. The molecular formula is C19H21N. The summed E-state index contributed by atoms with van der Waals surface area (Å²) in [4.78, 5) is 4.74. The molecule has 0 spiro atoms. The van der Waals surface area contributed by atoms with Gasteiger partial charge in [0, 0.05) is 6.42 Å². The van der Waals surface area contributed by atoms with Crippen molar-refractivity contribution in [3.63, 3.8) is 0 Å². The second-order valence-corrected chi connectivity index (χ2v) is 5.52. The fraction of sp³-hybridized carbons (Fsp3) is 0.316. The summed E-state index contributed by atoms with van der Waals surface area (Å²) in [7, 11) is 0. The molecule has 0 saturated carbocycles. The van der Waals surface area contributed by atoms with Crippen molar-refractivity contribution in [2.45, 2.75) is 39.0 Å². The van der Waals surface area contributed by atoms with E-state index in [1.54, 1.807) is 0 Å². The van der Waals surface area contributed by atoms with Gasteiger partial charge in [-0.25, -0.2) is 0 Å². The van der Waals surface area contributed by atoms with E-state index in [-0.39, 0.29) is 0 Å². The number of nitrogens with zero attached hydrogens (tertiary/aromatic N) is 1. The summed E-state index contributed by atoms with van der Waals surface area (Å²) < 4.78 is 0. The van der Waals surface area contributed by atoms with E-state index in [1.165, 1.54) is 48.1 Å². The molecule has 2 aromatic rings. The maximum Gasteiger partial charge on any atom is 0.0669 e. The van der Waals surface area contributed by atoms with E-state index >= 15 is 0 Å². The topological polar surface area (TPSA) is 12.4 Å². The third kappa shape index (κ3) is 2.82. The largest absolute Gasteiger partial charge is 0.252 e. The van der Waals surface area contributed by atoms with Crippen molar-refractivity contribution in [1.82, 2.24) is 0 Å². The van der Waals surface area contributed by atoms with Crippen LogP contribution in [-0.4, -0.2) is 5.71 Å². The summed E-state index contributed by atoms with van der Waals surface area (Å²) in [5.41, 5.74) is 6.38. The van der Waals surface area contributed by atoms with E-state index in [0.29, 0.717) is 0 Å². The third-order valence-corrected chi connectivity index (χ3v) is 3.96. The number of aliphatic imine (C=N–C) groups is 1. The molecule has 0 aliphatic carbocycles. The molecule has 1 heterocycles. The number of aryl methyl sites for hydroxylation is 1. The van der Waals surface area contributed by atoms with Crippen molar-refractivity contribution in [1.29, 1.82) is 0 Å². The molecule has 0 amide bonds. The van der Waals surface area contributed by atoms with Crippen LogP contribution in [0, 0.1) is 0 Å². The molecule has 1 nitrogen and oxygen atoms in total. The molecule has 0 atom stereocenters. The lowest BCUT2D eigenvalue weighted by atomic mass is 10.0. The Morgan fingerprint density at radius 1 is 0.950 bits per heavy atom. The zero-order chi connectivity index (χ0) is 13.8. The van der Waals surface area contributed by atoms with E-state index in [0.717, 1.165) is 12.1 Å². The monoisotopic (exact) mass is 263 g/mol. The lowest BCUT2D eigenvalue weighted by Gasteiger charge is -2.04. The van der Waals surface area contributed by atoms with Crippen LogP contribution >= 0.6 is 0 Å². The molecule has 20 heavy (non-hydrogen) atoms. The number of benzene rings is 2. The van der Waals surface area contributed by atoms with Crippen LogP contribution in [0.1, 0.15) is 42.9 Å². The molecule has 0 radical (unpaired) electrons. The first-order chi connectivity index (χ1) is 9.86. The number of rotatable bonds is 5. The van der Waals surface area contributed by atoms with Gasteiger partial charge in [0.2, 0.25) is 0 Å². The highest BCUT2D eigenvalue weighted by Gasteiger charge is 2.14. The number of unbranched alkanes of at least 4 members (excludes halogenated alkanes) is 2. The minimum absolute atomic E-state index is 0.964.